The molecule has 0 radical (unpaired) electrons. The van der Waals surface area contributed by atoms with Gasteiger partial charge in [-0.05, 0) is 37.5 Å². The SMILES string of the molecule is Cc1cc(O)c2c(c1)=CN1C(=NCN1CCCCO)N=2. The fourth-order valence-electron chi connectivity index (χ4n) is 2.46. The smallest absolute Gasteiger partial charge is 0.241 e. The number of hydrogen-bond acceptors (Lipinski definition) is 6. The lowest BCUT2D eigenvalue weighted by molar-refractivity contribution is 0.126. The Balaban J connectivity index is 1.92. The number of phenols is 1. The molecule has 2 heterocycles. The van der Waals surface area contributed by atoms with Crippen LogP contribution < -0.4 is 10.6 Å². The molecule has 20 heavy (non-hydrogen) atoms. The number of unbranched alkanes of at least 4 members (excludes halogenated alkanes) is 1. The maximum Gasteiger partial charge on any atom is 0.241 e. The number of aliphatic hydroxyl groups excluding tert-OH is 1. The van der Waals surface area contributed by atoms with Gasteiger partial charge < -0.3 is 10.2 Å². The molecule has 0 fully saturated rings. The first-order chi connectivity index (χ1) is 9.69. The molecular weight excluding hydrogens is 256 g/mol. The quantitative estimate of drug-likeness (QED) is 0.739. The van der Waals surface area contributed by atoms with Crippen LogP contribution in [-0.2, 0) is 0 Å². The molecule has 0 bridgehead atoms. The standard InChI is InChI=1S/C14H18N4O2/c1-10-6-11-8-18-14(16-13(11)12(20)7-10)15-9-17(18)4-2-3-5-19/h6-8,19-20H,2-5,9H2,1H3. The Morgan fingerprint density at radius 3 is 2.95 bits per heavy atom. The zero-order chi connectivity index (χ0) is 14.1. The van der Waals surface area contributed by atoms with E-state index in [0.717, 1.165) is 30.2 Å². The van der Waals surface area contributed by atoms with E-state index in [1.807, 2.05) is 24.2 Å². The third kappa shape index (κ3) is 2.28. The highest BCUT2D eigenvalue weighted by Crippen LogP contribution is 2.14. The van der Waals surface area contributed by atoms with E-state index in [2.05, 4.69) is 15.0 Å². The molecule has 1 aromatic carbocycles. The van der Waals surface area contributed by atoms with Crippen LogP contribution in [0.5, 0.6) is 5.75 Å². The number of rotatable bonds is 4. The molecule has 0 spiro atoms. The van der Waals surface area contributed by atoms with Crippen molar-refractivity contribution in [1.29, 1.82) is 0 Å². The van der Waals surface area contributed by atoms with Crippen molar-refractivity contribution in [2.75, 3.05) is 19.8 Å². The van der Waals surface area contributed by atoms with Gasteiger partial charge in [-0.3, -0.25) is 0 Å². The first-order valence-corrected chi connectivity index (χ1v) is 6.78. The second kappa shape index (κ2) is 5.22. The van der Waals surface area contributed by atoms with Crippen molar-refractivity contribution in [1.82, 2.24) is 10.0 Å². The number of fused-ring (bicyclic) bond motifs is 2. The summed E-state index contributed by atoms with van der Waals surface area (Å²) < 4.78 is 0. The summed E-state index contributed by atoms with van der Waals surface area (Å²) in [6.45, 7) is 3.55. The summed E-state index contributed by atoms with van der Waals surface area (Å²) >= 11 is 0. The van der Waals surface area contributed by atoms with Gasteiger partial charge in [0.05, 0.1) is 0 Å². The molecule has 2 aliphatic heterocycles. The number of aromatic hydroxyl groups is 1. The number of benzene rings is 1. The first-order valence-electron chi connectivity index (χ1n) is 6.78. The topological polar surface area (TPSA) is 71.7 Å². The molecule has 0 aromatic heterocycles. The minimum Gasteiger partial charge on any atom is -0.506 e. The highest BCUT2D eigenvalue weighted by atomic mass is 16.3. The monoisotopic (exact) mass is 274 g/mol. The fourth-order valence-corrected chi connectivity index (χ4v) is 2.46. The van der Waals surface area contributed by atoms with Crippen LogP contribution in [0.4, 0.5) is 0 Å². The molecule has 106 valence electrons. The highest BCUT2D eigenvalue weighted by Gasteiger charge is 2.25. The second-order valence-electron chi connectivity index (χ2n) is 5.07. The molecule has 0 aliphatic carbocycles. The lowest BCUT2D eigenvalue weighted by Crippen LogP contribution is -2.44. The molecule has 2 aliphatic rings. The molecule has 3 rings (SSSR count). The van der Waals surface area contributed by atoms with Crippen molar-refractivity contribution in [3.8, 4) is 5.75 Å². The number of guanidine groups is 1. The summed E-state index contributed by atoms with van der Waals surface area (Å²) in [5.41, 5.74) is 0.999. The number of hydrazine groups is 1. The molecule has 0 amide bonds. The van der Waals surface area contributed by atoms with Gasteiger partial charge in [-0.25, -0.2) is 15.0 Å². The van der Waals surface area contributed by atoms with E-state index in [9.17, 15) is 5.11 Å². The van der Waals surface area contributed by atoms with Crippen molar-refractivity contribution < 1.29 is 10.2 Å². The van der Waals surface area contributed by atoms with Gasteiger partial charge in [0.1, 0.15) is 17.8 Å². The van der Waals surface area contributed by atoms with Crippen LogP contribution in [0.25, 0.3) is 6.20 Å². The third-order valence-corrected chi connectivity index (χ3v) is 3.45. The first kappa shape index (κ1) is 13.1. The summed E-state index contributed by atoms with van der Waals surface area (Å²) in [6, 6.07) is 3.71. The summed E-state index contributed by atoms with van der Waals surface area (Å²) in [5.74, 6) is 0.804. The third-order valence-electron chi connectivity index (χ3n) is 3.45. The number of aliphatic hydroxyl groups is 1. The van der Waals surface area contributed by atoms with Gasteiger partial charge >= 0.3 is 0 Å². The Labute approximate surface area is 117 Å². The average Bonchev–Trinajstić information content (AvgIpc) is 2.80. The van der Waals surface area contributed by atoms with Crippen LogP contribution in [-0.4, -0.2) is 46.0 Å². The van der Waals surface area contributed by atoms with E-state index >= 15 is 0 Å². The summed E-state index contributed by atoms with van der Waals surface area (Å²) in [5, 5.41) is 24.3. The summed E-state index contributed by atoms with van der Waals surface area (Å²) in [7, 11) is 0. The molecule has 0 saturated heterocycles. The lowest BCUT2D eigenvalue weighted by atomic mass is 10.2. The Hall–Kier alpha value is -1.92. The van der Waals surface area contributed by atoms with Crippen LogP contribution in [0.3, 0.4) is 0 Å². The molecule has 2 N–H and O–H groups in total. The Morgan fingerprint density at radius 1 is 1.30 bits per heavy atom. The summed E-state index contributed by atoms with van der Waals surface area (Å²) in [4.78, 5) is 8.81. The average molecular weight is 274 g/mol. The van der Waals surface area contributed by atoms with Gasteiger partial charge in [-0.2, -0.15) is 5.01 Å². The summed E-state index contributed by atoms with van der Waals surface area (Å²) in [6.07, 6.45) is 3.66. The minimum atomic E-state index is 0.192. The second-order valence-corrected chi connectivity index (χ2v) is 5.07. The van der Waals surface area contributed by atoms with Crippen LogP contribution in [0.2, 0.25) is 0 Å². The normalized spacial score (nSPS) is 17.1. The lowest BCUT2D eigenvalue weighted by Gasteiger charge is -2.27. The van der Waals surface area contributed by atoms with Crippen molar-refractivity contribution in [2.24, 2.45) is 9.98 Å². The van der Waals surface area contributed by atoms with Gasteiger partial charge in [0.15, 0.2) is 0 Å². The number of phenolic OH excluding ortho intramolecular Hbond substituents is 1. The van der Waals surface area contributed by atoms with E-state index in [4.69, 9.17) is 5.11 Å². The fraction of sp³-hybridized carbons (Fsp3) is 0.429. The van der Waals surface area contributed by atoms with Crippen molar-refractivity contribution >= 4 is 12.2 Å². The predicted octanol–water partition coefficient (Wildman–Crippen LogP) is -0.310. The molecule has 0 saturated carbocycles. The van der Waals surface area contributed by atoms with Crippen LogP contribution >= 0.6 is 0 Å². The van der Waals surface area contributed by atoms with E-state index < -0.39 is 0 Å². The van der Waals surface area contributed by atoms with E-state index in [0.29, 0.717) is 18.0 Å². The predicted molar refractivity (Wildman–Crippen MR) is 75.3 cm³/mol. The largest absolute Gasteiger partial charge is 0.506 e. The molecule has 0 unspecified atom stereocenters. The molecule has 6 heteroatoms. The molecule has 1 aromatic rings. The minimum absolute atomic E-state index is 0.192. The molecule has 6 nitrogen and oxygen atoms in total. The Morgan fingerprint density at radius 2 is 2.15 bits per heavy atom. The van der Waals surface area contributed by atoms with Crippen molar-refractivity contribution in [2.45, 2.75) is 19.8 Å². The maximum absolute atomic E-state index is 9.97. The van der Waals surface area contributed by atoms with Gasteiger partial charge in [0.25, 0.3) is 0 Å². The van der Waals surface area contributed by atoms with Crippen molar-refractivity contribution in [3.05, 3.63) is 28.3 Å². The zero-order valence-corrected chi connectivity index (χ0v) is 11.5. The van der Waals surface area contributed by atoms with Crippen LogP contribution in [0.1, 0.15) is 18.4 Å². The molecule has 0 atom stereocenters. The Bertz CT molecular complexity index is 668. The number of nitrogens with zero attached hydrogens (tertiary/aromatic N) is 4. The highest BCUT2D eigenvalue weighted by molar-refractivity contribution is 5.86. The van der Waals surface area contributed by atoms with Crippen LogP contribution in [0.15, 0.2) is 22.1 Å². The van der Waals surface area contributed by atoms with E-state index in [1.165, 1.54) is 0 Å². The van der Waals surface area contributed by atoms with Crippen LogP contribution in [0, 0.1) is 6.92 Å². The van der Waals surface area contributed by atoms with Gasteiger partial charge in [-0.1, -0.05) is 0 Å². The van der Waals surface area contributed by atoms with E-state index in [1.54, 1.807) is 6.07 Å². The number of hydrogen-bond donors (Lipinski definition) is 2. The van der Waals surface area contributed by atoms with Crippen molar-refractivity contribution in [3.63, 3.8) is 0 Å². The van der Waals surface area contributed by atoms with E-state index in [-0.39, 0.29) is 12.4 Å². The maximum atomic E-state index is 9.97. The van der Waals surface area contributed by atoms with Gasteiger partial charge in [0.2, 0.25) is 5.96 Å². The van der Waals surface area contributed by atoms with Gasteiger partial charge in [-0.15, -0.1) is 0 Å². The zero-order valence-electron chi connectivity index (χ0n) is 11.5. The molecular formula is C14H18N4O2. The number of aliphatic imine (C=N–C) groups is 1. The number of aryl methyl sites for hydroxylation is 1. The Kier molecular flexibility index (Phi) is 3.42. The van der Waals surface area contributed by atoms with Gasteiger partial charge in [0, 0.05) is 24.6 Å².